The normalized spacial score (nSPS) is 15.3. The van der Waals surface area contributed by atoms with Crippen LogP contribution < -0.4 is 5.59 Å². The van der Waals surface area contributed by atoms with Crippen molar-refractivity contribution in [3.05, 3.63) is 59.3 Å². The van der Waals surface area contributed by atoms with E-state index in [0.29, 0.717) is 0 Å². The summed E-state index contributed by atoms with van der Waals surface area (Å²) in [5, 5.41) is 0. The van der Waals surface area contributed by atoms with Crippen LogP contribution in [0.4, 0.5) is 0 Å². The molecule has 0 radical (unpaired) electrons. The van der Waals surface area contributed by atoms with Crippen LogP contribution in [0.15, 0.2) is 42.6 Å². The quantitative estimate of drug-likeness (QED) is 0.720. The molecule has 0 aliphatic carbocycles. The zero-order chi connectivity index (χ0) is 12.4. The predicted molar refractivity (Wildman–Crippen MR) is 76.7 cm³/mol. The van der Waals surface area contributed by atoms with E-state index >= 15 is 0 Å². The average Bonchev–Trinajstić information content (AvgIpc) is 2.41. The molecule has 18 heavy (non-hydrogen) atoms. The lowest BCUT2D eigenvalue weighted by molar-refractivity contribution is 0.246. The van der Waals surface area contributed by atoms with Crippen molar-refractivity contribution in [3.8, 4) is 0 Å². The van der Waals surface area contributed by atoms with E-state index in [9.17, 15) is 0 Å². The number of rotatable bonds is 2. The largest absolute Gasteiger partial charge is 0.294 e. The molecule has 0 fully saturated rings. The molecule has 3 heteroatoms. The maximum absolute atomic E-state index is 4.41. The van der Waals surface area contributed by atoms with Gasteiger partial charge in [0.15, 0.2) is 7.85 Å². The molecule has 0 spiro atoms. The van der Waals surface area contributed by atoms with E-state index < -0.39 is 0 Å². The Hall–Kier alpha value is -1.61. The smallest absolute Gasteiger partial charge is 0.164 e. The van der Waals surface area contributed by atoms with E-state index in [1.165, 1.54) is 22.3 Å². The Balaban J connectivity index is 1.77. The zero-order valence-electron chi connectivity index (χ0n) is 10.8. The first-order valence-corrected chi connectivity index (χ1v) is 6.52. The van der Waals surface area contributed by atoms with Crippen molar-refractivity contribution in [2.24, 2.45) is 0 Å². The summed E-state index contributed by atoms with van der Waals surface area (Å²) < 4.78 is 0. The first-order chi connectivity index (χ1) is 8.83. The van der Waals surface area contributed by atoms with Gasteiger partial charge in [0.2, 0.25) is 0 Å². The molecule has 0 atom stereocenters. The van der Waals surface area contributed by atoms with Crippen molar-refractivity contribution in [1.29, 1.82) is 0 Å². The predicted octanol–water partition coefficient (Wildman–Crippen LogP) is 0.898. The summed E-state index contributed by atoms with van der Waals surface area (Å²) in [6.45, 7) is 3.21. The molecule has 0 unspecified atom stereocenters. The van der Waals surface area contributed by atoms with Gasteiger partial charge in [0.1, 0.15) is 0 Å². The third-order valence-electron chi connectivity index (χ3n) is 3.70. The van der Waals surface area contributed by atoms with Crippen molar-refractivity contribution in [3.63, 3.8) is 0 Å². The SMILES string of the molecule is Bc1nccc2c1CN(Cc1ccccc1)CC2. The summed E-state index contributed by atoms with van der Waals surface area (Å²) in [6, 6.07) is 12.9. The van der Waals surface area contributed by atoms with Gasteiger partial charge < -0.3 is 0 Å². The summed E-state index contributed by atoms with van der Waals surface area (Å²) in [4.78, 5) is 6.91. The first kappa shape index (κ1) is 11.5. The highest BCUT2D eigenvalue weighted by Gasteiger charge is 2.17. The van der Waals surface area contributed by atoms with Gasteiger partial charge in [-0.3, -0.25) is 9.88 Å². The van der Waals surface area contributed by atoms with Crippen LogP contribution in [0.2, 0.25) is 0 Å². The average molecular weight is 236 g/mol. The second-order valence-corrected chi connectivity index (χ2v) is 4.98. The second kappa shape index (κ2) is 4.95. The Morgan fingerprint density at radius 3 is 2.83 bits per heavy atom. The van der Waals surface area contributed by atoms with E-state index in [-0.39, 0.29) is 0 Å². The van der Waals surface area contributed by atoms with Crippen LogP contribution in [-0.4, -0.2) is 24.3 Å². The van der Waals surface area contributed by atoms with Crippen LogP contribution in [0.25, 0.3) is 0 Å². The van der Waals surface area contributed by atoms with Gasteiger partial charge in [-0.1, -0.05) is 30.3 Å². The molecule has 1 aliphatic rings. The highest BCUT2D eigenvalue weighted by molar-refractivity contribution is 6.31. The molecule has 0 amide bonds. The van der Waals surface area contributed by atoms with Gasteiger partial charge in [-0.2, -0.15) is 0 Å². The fourth-order valence-corrected chi connectivity index (χ4v) is 2.66. The maximum Gasteiger partial charge on any atom is 0.164 e. The van der Waals surface area contributed by atoms with Crippen LogP contribution in [0.5, 0.6) is 0 Å². The van der Waals surface area contributed by atoms with Crippen molar-refractivity contribution in [2.75, 3.05) is 6.54 Å². The molecular formula is C15H17BN2. The molecule has 1 aliphatic heterocycles. The van der Waals surface area contributed by atoms with Crippen molar-refractivity contribution in [1.82, 2.24) is 9.88 Å². The fourth-order valence-electron chi connectivity index (χ4n) is 2.66. The first-order valence-electron chi connectivity index (χ1n) is 6.52. The van der Waals surface area contributed by atoms with Gasteiger partial charge in [-0.05, 0) is 34.8 Å². The molecule has 0 saturated carbocycles. The van der Waals surface area contributed by atoms with Crippen molar-refractivity contribution < 1.29 is 0 Å². The van der Waals surface area contributed by atoms with Gasteiger partial charge in [-0.15, -0.1) is 0 Å². The molecular weight excluding hydrogens is 219 g/mol. The minimum atomic E-state index is 1.03. The number of fused-ring (bicyclic) bond motifs is 1. The maximum atomic E-state index is 4.41. The monoisotopic (exact) mass is 236 g/mol. The number of hydrogen-bond donors (Lipinski definition) is 0. The zero-order valence-corrected chi connectivity index (χ0v) is 10.8. The van der Waals surface area contributed by atoms with Crippen LogP contribution in [0.3, 0.4) is 0 Å². The lowest BCUT2D eigenvalue weighted by atomic mass is 9.90. The van der Waals surface area contributed by atoms with E-state index in [4.69, 9.17) is 0 Å². The molecule has 2 aromatic rings. The molecule has 3 rings (SSSR count). The fraction of sp³-hybridized carbons (Fsp3) is 0.267. The van der Waals surface area contributed by atoms with Crippen LogP contribution in [-0.2, 0) is 19.5 Å². The summed E-state index contributed by atoms with van der Waals surface area (Å²) in [6.07, 6.45) is 3.08. The Morgan fingerprint density at radius 2 is 2.00 bits per heavy atom. The van der Waals surface area contributed by atoms with Crippen LogP contribution >= 0.6 is 0 Å². The van der Waals surface area contributed by atoms with Gasteiger partial charge in [-0.25, -0.2) is 0 Å². The van der Waals surface area contributed by atoms with Gasteiger partial charge in [0, 0.05) is 25.8 Å². The number of hydrogen-bond acceptors (Lipinski definition) is 2. The molecule has 1 aromatic carbocycles. The number of benzene rings is 1. The minimum absolute atomic E-state index is 1.03. The minimum Gasteiger partial charge on any atom is -0.294 e. The standard InChI is InChI=1S/C15H17BN2/c16-15-14-11-18(9-7-13(14)6-8-17-15)10-12-4-2-1-3-5-12/h1-6,8H,7,9-11,16H2. The Kier molecular flexibility index (Phi) is 3.16. The number of aromatic nitrogens is 1. The summed E-state index contributed by atoms with van der Waals surface area (Å²) in [5.74, 6) is 0. The molecule has 0 bridgehead atoms. The van der Waals surface area contributed by atoms with Gasteiger partial charge in [0.05, 0.1) is 0 Å². The van der Waals surface area contributed by atoms with Crippen molar-refractivity contribution >= 4 is 13.4 Å². The molecule has 0 N–H and O–H groups in total. The van der Waals surface area contributed by atoms with E-state index in [0.717, 1.165) is 26.1 Å². The highest BCUT2D eigenvalue weighted by atomic mass is 15.1. The van der Waals surface area contributed by atoms with E-state index in [1.54, 1.807) is 0 Å². The van der Waals surface area contributed by atoms with E-state index in [1.807, 2.05) is 6.20 Å². The molecule has 2 heterocycles. The van der Waals surface area contributed by atoms with Crippen LogP contribution in [0, 0.1) is 0 Å². The molecule has 1 aromatic heterocycles. The Labute approximate surface area is 109 Å². The third kappa shape index (κ3) is 2.32. The lowest BCUT2D eigenvalue weighted by Crippen LogP contribution is -2.34. The summed E-state index contributed by atoms with van der Waals surface area (Å²) >= 11 is 0. The highest BCUT2D eigenvalue weighted by Crippen LogP contribution is 2.17. The number of nitrogens with zero attached hydrogens (tertiary/aromatic N) is 2. The third-order valence-corrected chi connectivity index (χ3v) is 3.70. The summed E-state index contributed by atoms with van der Waals surface area (Å²) in [7, 11) is 2.12. The Morgan fingerprint density at radius 1 is 1.17 bits per heavy atom. The van der Waals surface area contributed by atoms with Gasteiger partial charge >= 0.3 is 0 Å². The second-order valence-electron chi connectivity index (χ2n) is 4.98. The lowest BCUT2D eigenvalue weighted by Gasteiger charge is -2.29. The molecule has 90 valence electrons. The van der Waals surface area contributed by atoms with Crippen LogP contribution in [0.1, 0.15) is 16.7 Å². The molecule has 0 saturated heterocycles. The number of pyridine rings is 1. The van der Waals surface area contributed by atoms with E-state index in [2.05, 4.69) is 54.1 Å². The summed E-state index contributed by atoms with van der Waals surface area (Å²) in [5.41, 5.74) is 5.49. The van der Waals surface area contributed by atoms with Gasteiger partial charge in [0.25, 0.3) is 0 Å². The Bertz CT molecular complexity index is 539. The van der Waals surface area contributed by atoms with Crippen molar-refractivity contribution in [2.45, 2.75) is 19.5 Å². The molecule has 2 nitrogen and oxygen atoms in total. The topological polar surface area (TPSA) is 16.1 Å².